The zero-order chi connectivity index (χ0) is 12.0. The van der Waals surface area contributed by atoms with Crippen LogP contribution in [-0.2, 0) is 4.79 Å². The molecule has 88 valence electrons. The van der Waals surface area contributed by atoms with E-state index in [4.69, 9.17) is 12.2 Å². The van der Waals surface area contributed by atoms with Crippen molar-refractivity contribution in [3.8, 4) is 0 Å². The van der Waals surface area contributed by atoms with Crippen LogP contribution in [0.25, 0.3) is 0 Å². The molecule has 1 aromatic carbocycles. The second-order valence-electron chi connectivity index (χ2n) is 4.35. The molecule has 2 heterocycles. The van der Waals surface area contributed by atoms with Crippen LogP contribution in [0.15, 0.2) is 30.3 Å². The van der Waals surface area contributed by atoms with Crippen molar-refractivity contribution in [2.75, 3.05) is 11.4 Å². The molecule has 0 unspecified atom stereocenters. The van der Waals surface area contributed by atoms with E-state index in [-0.39, 0.29) is 11.9 Å². The van der Waals surface area contributed by atoms with E-state index in [1.165, 1.54) is 0 Å². The van der Waals surface area contributed by atoms with Crippen LogP contribution < -0.4 is 4.90 Å². The molecule has 0 spiro atoms. The molecule has 1 aromatic rings. The van der Waals surface area contributed by atoms with E-state index < -0.39 is 6.10 Å². The van der Waals surface area contributed by atoms with Crippen molar-refractivity contribution < 1.29 is 9.90 Å². The van der Waals surface area contributed by atoms with E-state index in [9.17, 15) is 9.90 Å². The van der Waals surface area contributed by atoms with Gasteiger partial charge in [0.2, 0.25) is 0 Å². The maximum absolute atomic E-state index is 12.2. The lowest BCUT2D eigenvalue weighted by Crippen LogP contribution is -2.34. The molecule has 0 aromatic heterocycles. The number of benzene rings is 1. The Kier molecular flexibility index (Phi) is 2.38. The third kappa shape index (κ3) is 1.54. The van der Waals surface area contributed by atoms with E-state index in [0.29, 0.717) is 18.1 Å². The summed E-state index contributed by atoms with van der Waals surface area (Å²) >= 11 is 5.31. The fraction of sp³-hybridized carbons (Fsp3) is 0.333. The molecule has 2 atom stereocenters. The minimum Gasteiger partial charge on any atom is -0.391 e. The van der Waals surface area contributed by atoms with E-state index in [0.717, 1.165) is 5.69 Å². The van der Waals surface area contributed by atoms with Crippen molar-refractivity contribution in [3.05, 3.63) is 30.3 Å². The van der Waals surface area contributed by atoms with E-state index in [2.05, 4.69) is 0 Å². The third-order valence-electron chi connectivity index (χ3n) is 3.24. The molecule has 1 N–H and O–H groups in total. The zero-order valence-corrected chi connectivity index (χ0v) is 9.93. The highest BCUT2D eigenvalue weighted by atomic mass is 32.1. The largest absolute Gasteiger partial charge is 0.391 e. The Labute approximate surface area is 104 Å². The summed E-state index contributed by atoms with van der Waals surface area (Å²) < 4.78 is 0. The average Bonchev–Trinajstić information content (AvgIpc) is 2.81. The smallest absolute Gasteiger partial charge is 0.256 e. The summed E-state index contributed by atoms with van der Waals surface area (Å²) in [6.07, 6.45) is 0.0299. The molecule has 2 aliphatic heterocycles. The summed E-state index contributed by atoms with van der Waals surface area (Å²) in [6, 6.07) is 9.11. The summed E-state index contributed by atoms with van der Waals surface area (Å²) in [7, 11) is 0. The second kappa shape index (κ2) is 3.78. The predicted octanol–water partition coefficient (Wildman–Crippen LogP) is 0.753. The molecule has 0 saturated carbocycles. The SMILES string of the molecule is O=C1[C@@H]2C[C@H](O)CN2C(=S)N1c1ccccc1. The number of nitrogens with zero attached hydrogens (tertiary/aromatic N) is 2. The highest BCUT2D eigenvalue weighted by Gasteiger charge is 2.48. The first-order valence-corrected chi connectivity index (χ1v) is 5.97. The minimum absolute atomic E-state index is 0.0299. The van der Waals surface area contributed by atoms with Crippen molar-refractivity contribution in [1.29, 1.82) is 0 Å². The number of thiocarbonyl (C=S) groups is 1. The van der Waals surface area contributed by atoms with Gasteiger partial charge in [-0.05, 0) is 24.4 Å². The van der Waals surface area contributed by atoms with Crippen LogP contribution in [0.5, 0.6) is 0 Å². The molecule has 2 fully saturated rings. The first-order valence-electron chi connectivity index (χ1n) is 5.56. The minimum atomic E-state index is -0.445. The Bertz CT molecular complexity index is 453. The number of hydrogen-bond donors (Lipinski definition) is 1. The van der Waals surface area contributed by atoms with Gasteiger partial charge in [-0.1, -0.05) is 18.2 Å². The highest BCUT2D eigenvalue weighted by molar-refractivity contribution is 7.80. The van der Waals surface area contributed by atoms with Gasteiger partial charge in [0, 0.05) is 13.0 Å². The first kappa shape index (κ1) is 10.7. The third-order valence-corrected chi connectivity index (χ3v) is 3.65. The lowest BCUT2D eigenvalue weighted by atomic mass is 10.2. The Morgan fingerprint density at radius 1 is 1.29 bits per heavy atom. The summed E-state index contributed by atoms with van der Waals surface area (Å²) in [5.41, 5.74) is 0.798. The van der Waals surface area contributed by atoms with Crippen molar-refractivity contribution in [2.24, 2.45) is 0 Å². The summed E-state index contributed by atoms with van der Waals surface area (Å²) in [5, 5.41) is 10.1. The van der Waals surface area contributed by atoms with Crippen molar-refractivity contribution in [1.82, 2.24) is 4.90 Å². The van der Waals surface area contributed by atoms with Crippen molar-refractivity contribution >= 4 is 28.9 Å². The maximum Gasteiger partial charge on any atom is 0.256 e. The number of carbonyl (C=O) groups is 1. The molecule has 0 radical (unpaired) electrons. The van der Waals surface area contributed by atoms with Gasteiger partial charge in [-0.15, -0.1) is 0 Å². The molecule has 2 saturated heterocycles. The fourth-order valence-corrected chi connectivity index (χ4v) is 2.84. The molecule has 17 heavy (non-hydrogen) atoms. The molecule has 1 amide bonds. The standard InChI is InChI=1S/C12H12N2O2S/c15-9-6-10-11(16)14(12(17)13(10)7-9)8-4-2-1-3-5-8/h1-5,9-10,15H,6-7H2/t9-,10-/m0/s1. The quantitative estimate of drug-likeness (QED) is 0.745. The van der Waals surface area contributed by atoms with Gasteiger partial charge in [-0.2, -0.15) is 0 Å². The zero-order valence-electron chi connectivity index (χ0n) is 9.11. The molecule has 0 bridgehead atoms. The number of anilines is 1. The topological polar surface area (TPSA) is 43.8 Å². The predicted molar refractivity (Wildman–Crippen MR) is 67.6 cm³/mol. The van der Waals surface area contributed by atoms with Gasteiger partial charge in [0.25, 0.3) is 5.91 Å². The van der Waals surface area contributed by atoms with Gasteiger partial charge in [0.05, 0.1) is 11.8 Å². The lowest BCUT2D eigenvalue weighted by Gasteiger charge is -2.19. The number of carbonyl (C=O) groups excluding carboxylic acids is 1. The Balaban J connectivity index is 1.95. The van der Waals surface area contributed by atoms with Crippen LogP contribution in [-0.4, -0.2) is 39.7 Å². The highest BCUT2D eigenvalue weighted by Crippen LogP contribution is 2.31. The normalized spacial score (nSPS) is 27.8. The number of fused-ring (bicyclic) bond motifs is 1. The number of hydrogen-bond acceptors (Lipinski definition) is 3. The molecule has 4 nitrogen and oxygen atoms in total. The number of aliphatic hydroxyl groups is 1. The summed E-state index contributed by atoms with van der Waals surface area (Å²) in [4.78, 5) is 15.6. The van der Waals surface area contributed by atoms with E-state index >= 15 is 0 Å². The molecule has 5 heteroatoms. The first-order chi connectivity index (χ1) is 8.18. The van der Waals surface area contributed by atoms with Crippen molar-refractivity contribution in [2.45, 2.75) is 18.6 Å². The fourth-order valence-electron chi connectivity index (χ4n) is 2.45. The van der Waals surface area contributed by atoms with Gasteiger partial charge >= 0.3 is 0 Å². The number of amides is 1. The number of aliphatic hydroxyl groups excluding tert-OH is 1. The van der Waals surface area contributed by atoms with E-state index in [1.807, 2.05) is 35.2 Å². The van der Waals surface area contributed by atoms with Crippen LogP contribution in [0.4, 0.5) is 5.69 Å². The van der Waals surface area contributed by atoms with Gasteiger partial charge in [0.15, 0.2) is 5.11 Å². The van der Waals surface area contributed by atoms with Gasteiger partial charge < -0.3 is 10.0 Å². The van der Waals surface area contributed by atoms with Crippen LogP contribution in [0.1, 0.15) is 6.42 Å². The lowest BCUT2D eigenvalue weighted by molar-refractivity contribution is -0.119. The van der Waals surface area contributed by atoms with Crippen LogP contribution in [0.2, 0.25) is 0 Å². The van der Waals surface area contributed by atoms with Gasteiger partial charge in [-0.25, -0.2) is 0 Å². The molecule has 2 aliphatic rings. The molecule has 0 aliphatic carbocycles. The van der Waals surface area contributed by atoms with Gasteiger partial charge in [0.1, 0.15) is 6.04 Å². The van der Waals surface area contributed by atoms with E-state index in [1.54, 1.807) is 4.90 Å². The second-order valence-corrected chi connectivity index (χ2v) is 4.71. The monoisotopic (exact) mass is 248 g/mol. The van der Waals surface area contributed by atoms with Crippen molar-refractivity contribution in [3.63, 3.8) is 0 Å². The molecule has 3 rings (SSSR count). The number of rotatable bonds is 1. The van der Waals surface area contributed by atoms with Crippen LogP contribution in [0.3, 0.4) is 0 Å². The summed E-state index contributed by atoms with van der Waals surface area (Å²) in [5.74, 6) is -0.0299. The average molecular weight is 248 g/mol. The van der Waals surface area contributed by atoms with Gasteiger partial charge in [-0.3, -0.25) is 9.69 Å². The number of para-hydroxylation sites is 1. The summed E-state index contributed by atoms with van der Waals surface area (Å²) in [6.45, 7) is 0.457. The van der Waals surface area contributed by atoms with Crippen LogP contribution in [0, 0.1) is 0 Å². The Morgan fingerprint density at radius 3 is 2.65 bits per heavy atom. The van der Waals surface area contributed by atoms with Crippen LogP contribution >= 0.6 is 12.2 Å². The molecular weight excluding hydrogens is 236 g/mol. The molecular formula is C12H12N2O2S. The Morgan fingerprint density at radius 2 is 2.00 bits per heavy atom. The Hall–Kier alpha value is -1.46. The maximum atomic E-state index is 12.2.